The monoisotopic (exact) mass is 264 g/mol. The van der Waals surface area contributed by atoms with Gasteiger partial charge in [-0.15, -0.1) is 0 Å². The second kappa shape index (κ2) is 5.22. The van der Waals surface area contributed by atoms with E-state index in [0.29, 0.717) is 22.2 Å². The van der Waals surface area contributed by atoms with Gasteiger partial charge in [-0.2, -0.15) is 0 Å². The molecular weight excluding hydrogens is 244 g/mol. The molecule has 18 heavy (non-hydrogen) atoms. The summed E-state index contributed by atoms with van der Waals surface area (Å²) in [6, 6.07) is 3.68. The van der Waals surface area contributed by atoms with Crippen LogP contribution in [0.2, 0.25) is 0 Å². The lowest BCUT2D eigenvalue weighted by molar-refractivity contribution is 0.0987. The Morgan fingerprint density at radius 1 is 1.44 bits per heavy atom. The fourth-order valence-electron chi connectivity index (χ4n) is 2.30. The summed E-state index contributed by atoms with van der Waals surface area (Å²) in [5, 5.41) is 0. The van der Waals surface area contributed by atoms with Crippen LogP contribution in [0.3, 0.4) is 0 Å². The fraction of sp³-hybridized carbons (Fsp3) is 0.571. The summed E-state index contributed by atoms with van der Waals surface area (Å²) < 4.78 is 5.98. The maximum Gasteiger partial charge on any atom is 0.123 e. The van der Waals surface area contributed by atoms with Crippen LogP contribution in [0, 0.1) is 5.41 Å². The van der Waals surface area contributed by atoms with E-state index in [4.69, 9.17) is 22.7 Å². The normalized spacial score (nSPS) is 19.4. The minimum absolute atomic E-state index is 0.305. The molecule has 3 nitrogen and oxygen atoms in total. The molecule has 4 heteroatoms. The van der Waals surface area contributed by atoms with Crippen molar-refractivity contribution in [3.05, 3.63) is 24.0 Å². The van der Waals surface area contributed by atoms with Gasteiger partial charge in [-0.25, -0.2) is 0 Å². The summed E-state index contributed by atoms with van der Waals surface area (Å²) in [6.45, 7) is 4.64. The van der Waals surface area contributed by atoms with Crippen LogP contribution in [0.1, 0.15) is 45.2 Å². The topological polar surface area (TPSA) is 48.1 Å². The van der Waals surface area contributed by atoms with E-state index in [0.717, 1.165) is 18.6 Å². The number of ether oxygens (including phenoxy) is 1. The SMILES string of the molecule is CC1(C)CCC(Oc2ccnc(C(N)=S)c2)CC1. The minimum Gasteiger partial charge on any atom is -0.490 e. The highest BCUT2D eigenvalue weighted by Gasteiger charge is 2.27. The molecule has 0 spiro atoms. The molecule has 0 aliphatic heterocycles. The van der Waals surface area contributed by atoms with Crippen LogP contribution >= 0.6 is 12.2 Å². The number of pyridine rings is 1. The highest BCUT2D eigenvalue weighted by molar-refractivity contribution is 7.80. The van der Waals surface area contributed by atoms with Crippen molar-refractivity contribution in [2.75, 3.05) is 0 Å². The zero-order chi connectivity index (χ0) is 13.2. The van der Waals surface area contributed by atoms with Crippen molar-refractivity contribution in [3.63, 3.8) is 0 Å². The Morgan fingerprint density at radius 2 is 2.11 bits per heavy atom. The third-order valence-corrected chi connectivity index (χ3v) is 3.78. The van der Waals surface area contributed by atoms with Crippen LogP contribution in [0.25, 0.3) is 0 Å². The number of aromatic nitrogens is 1. The van der Waals surface area contributed by atoms with Crippen molar-refractivity contribution < 1.29 is 4.74 Å². The summed E-state index contributed by atoms with van der Waals surface area (Å²) >= 11 is 4.92. The van der Waals surface area contributed by atoms with Gasteiger partial charge in [0.2, 0.25) is 0 Å². The Morgan fingerprint density at radius 3 is 2.72 bits per heavy atom. The van der Waals surface area contributed by atoms with Gasteiger partial charge < -0.3 is 10.5 Å². The maximum absolute atomic E-state index is 5.98. The van der Waals surface area contributed by atoms with E-state index in [-0.39, 0.29) is 0 Å². The summed E-state index contributed by atoms with van der Waals surface area (Å²) in [4.78, 5) is 4.42. The number of nitrogens with two attached hydrogens (primary N) is 1. The van der Waals surface area contributed by atoms with Gasteiger partial charge in [0.05, 0.1) is 6.10 Å². The van der Waals surface area contributed by atoms with Crippen LogP contribution in [-0.2, 0) is 0 Å². The van der Waals surface area contributed by atoms with Crippen molar-refractivity contribution in [1.29, 1.82) is 0 Å². The minimum atomic E-state index is 0.305. The molecule has 2 rings (SSSR count). The largest absolute Gasteiger partial charge is 0.490 e. The first-order valence-electron chi connectivity index (χ1n) is 6.39. The van der Waals surface area contributed by atoms with E-state index in [1.54, 1.807) is 6.20 Å². The molecule has 1 fully saturated rings. The van der Waals surface area contributed by atoms with E-state index in [1.165, 1.54) is 12.8 Å². The van der Waals surface area contributed by atoms with Crippen molar-refractivity contribution in [2.24, 2.45) is 11.1 Å². The number of rotatable bonds is 3. The Hall–Kier alpha value is -1.16. The Balaban J connectivity index is 1.98. The first-order valence-corrected chi connectivity index (χ1v) is 6.80. The van der Waals surface area contributed by atoms with Crippen LogP contribution in [0.4, 0.5) is 0 Å². The summed E-state index contributed by atoms with van der Waals surface area (Å²) in [6.07, 6.45) is 6.64. The number of thiocarbonyl (C=S) groups is 1. The van der Waals surface area contributed by atoms with Gasteiger partial charge >= 0.3 is 0 Å². The predicted octanol–water partition coefficient (Wildman–Crippen LogP) is 3.06. The van der Waals surface area contributed by atoms with E-state index >= 15 is 0 Å². The lowest BCUT2D eigenvalue weighted by atomic mass is 9.76. The van der Waals surface area contributed by atoms with E-state index in [1.807, 2.05) is 12.1 Å². The van der Waals surface area contributed by atoms with Crippen LogP contribution in [0.5, 0.6) is 5.75 Å². The molecule has 1 saturated carbocycles. The highest BCUT2D eigenvalue weighted by Crippen LogP contribution is 2.36. The summed E-state index contributed by atoms with van der Waals surface area (Å²) in [7, 11) is 0. The molecule has 2 N–H and O–H groups in total. The van der Waals surface area contributed by atoms with Gasteiger partial charge in [-0.1, -0.05) is 26.1 Å². The molecule has 0 atom stereocenters. The molecular formula is C14H20N2OS. The molecule has 0 radical (unpaired) electrons. The number of hydrogen-bond donors (Lipinski definition) is 1. The zero-order valence-electron chi connectivity index (χ0n) is 11.0. The summed E-state index contributed by atoms with van der Waals surface area (Å²) in [5.74, 6) is 0.817. The first kappa shape index (κ1) is 13.3. The quantitative estimate of drug-likeness (QED) is 0.852. The maximum atomic E-state index is 5.98. The van der Waals surface area contributed by atoms with Crippen LogP contribution in [-0.4, -0.2) is 16.1 Å². The predicted molar refractivity (Wildman–Crippen MR) is 76.8 cm³/mol. The van der Waals surface area contributed by atoms with E-state index in [9.17, 15) is 0 Å². The molecule has 1 aliphatic rings. The van der Waals surface area contributed by atoms with E-state index in [2.05, 4.69) is 18.8 Å². The molecule has 1 aromatic rings. The van der Waals surface area contributed by atoms with Crippen molar-refractivity contribution in [3.8, 4) is 5.75 Å². The van der Waals surface area contributed by atoms with Gasteiger partial charge in [0.25, 0.3) is 0 Å². The number of nitrogens with zero attached hydrogens (tertiary/aromatic N) is 1. The van der Waals surface area contributed by atoms with Crippen molar-refractivity contribution in [2.45, 2.75) is 45.6 Å². The van der Waals surface area contributed by atoms with Gasteiger partial charge in [0, 0.05) is 12.3 Å². The number of hydrogen-bond acceptors (Lipinski definition) is 3. The molecule has 98 valence electrons. The van der Waals surface area contributed by atoms with Gasteiger partial charge in [0.1, 0.15) is 16.4 Å². The van der Waals surface area contributed by atoms with Crippen LogP contribution < -0.4 is 10.5 Å². The summed E-state index contributed by atoms with van der Waals surface area (Å²) in [5.41, 5.74) is 6.65. The zero-order valence-corrected chi connectivity index (χ0v) is 11.8. The van der Waals surface area contributed by atoms with Gasteiger partial charge in [0.15, 0.2) is 0 Å². The molecule has 0 aromatic carbocycles. The van der Waals surface area contributed by atoms with Crippen LogP contribution in [0.15, 0.2) is 18.3 Å². The molecule has 0 amide bonds. The Labute approximate surface area is 114 Å². The van der Waals surface area contributed by atoms with Gasteiger partial charge in [-0.3, -0.25) is 4.98 Å². The second-order valence-electron chi connectivity index (χ2n) is 5.72. The smallest absolute Gasteiger partial charge is 0.123 e. The van der Waals surface area contributed by atoms with Crippen molar-refractivity contribution in [1.82, 2.24) is 4.98 Å². The highest BCUT2D eigenvalue weighted by atomic mass is 32.1. The molecule has 0 saturated heterocycles. The first-order chi connectivity index (χ1) is 8.46. The lowest BCUT2D eigenvalue weighted by Gasteiger charge is -2.34. The lowest BCUT2D eigenvalue weighted by Crippen LogP contribution is -2.28. The van der Waals surface area contributed by atoms with E-state index < -0.39 is 0 Å². The van der Waals surface area contributed by atoms with Gasteiger partial charge in [-0.05, 0) is 37.2 Å². The molecule has 0 bridgehead atoms. The fourth-order valence-corrected chi connectivity index (χ4v) is 2.41. The Kier molecular flexibility index (Phi) is 3.85. The van der Waals surface area contributed by atoms with Crippen molar-refractivity contribution >= 4 is 17.2 Å². The standard InChI is InChI=1S/C14H20N2OS/c1-14(2)6-3-10(4-7-14)17-11-5-8-16-12(9-11)13(15)18/h5,8-10H,3-4,6-7H2,1-2H3,(H2,15,18). The Bertz CT molecular complexity index is 435. The third kappa shape index (κ3) is 3.42. The molecule has 1 aliphatic carbocycles. The molecule has 1 aromatic heterocycles. The molecule has 1 heterocycles. The average Bonchev–Trinajstić information content (AvgIpc) is 2.32. The third-order valence-electron chi connectivity index (χ3n) is 3.57. The second-order valence-corrected chi connectivity index (χ2v) is 6.16. The molecule has 0 unspecified atom stereocenters. The average molecular weight is 264 g/mol.